The highest BCUT2D eigenvalue weighted by Gasteiger charge is 2.26. The van der Waals surface area contributed by atoms with Gasteiger partial charge >= 0.3 is 0 Å². The average Bonchev–Trinajstić information content (AvgIpc) is 2.83. The van der Waals surface area contributed by atoms with Crippen molar-refractivity contribution in [1.82, 2.24) is 0 Å². The van der Waals surface area contributed by atoms with E-state index >= 15 is 0 Å². The first-order chi connectivity index (χ1) is 9.13. The lowest BCUT2D eigenvalue weighted by Crippen LogP contribution is -2.17. The van der Waals surface area contributed by atoms with E-state index in [0.29, 0.717) is 10.3 Å². The number of rotatable bonds is 4. The molecule has 0 aromatic heterocycles. The topological polar surface area (TPSA) is 24.4 Å². The average molecular weight is 362 g/mol. The standard InChI is InChI=1S/C14H18BrClN2S/c1-3-9(4-2)13-8-17-14(19-13)18-12-6-5-10(15)7-11(12)16/h5-7,9,13H,3-4,8H2,1-2H3,(H,17,18). The van der Waals surface area contributed by atoms with Crippen LogP contribution in [0.1, 0.15) is 26.7 Å². The molecule has 19 heavy (non-hydrogen) atoms. The Kier molecular flexibility index (Phi) is 5.60. The van der Waals surface area contributed by atoms with Gasteiger partial charge in [-0.25, -0.2) is 0 Å². The van der Waals surface area contributed by atoms with Crippen molar-refractivity contribution in [2.45, 2.75) is 31.9 Å². The predicted octanol–water partition coefficient (Wildman–Crippen LogP) is 5.42. The van der Waals surface area contributed by atoms with E-state index < -0.39 is 0 Å². The third kappa shape index (κ3) is 3.89. The number of nitrogens with zero attached hydrogens (tertiary/aromatic N) is 1. The third-order valence-electron chi connectivity index (χ3n) is 3.43. The minimum Gasteiger partial charge on any atom is -0.334 e. The second-order valence-electron chi connectivity index (χ2n) is 4.63. The van der Waals surface area contributed by atoms with Gasteiger partial charge in [0.1, 0.15) is 0 Å². The van der Waals surface area contributed by atoms with Crippen molar-refractivity contribution in [2.24, 2.45) is 10.9 Å². The molecule has 1 aromatic rings. The van der Waals surface area contributed by atoms with Gasteiger partial charge in [-0.1, -0.05) is 66.0 Å². The molecular weight excluding hydrogens is 344 g/mol. The van der Waals surface area contributed by atoms with Gasteiger partial charge in [-0.15, -0.1) is 0 Å². The Morgan fingerprint density at radius 1 is 1.47 bits per heavy atom. The smallest absolute Gasteiger partial charge is 0.161 e. The number of thioether (sulfide) groups is 1. The molecule has 0 fully saturated rings. The van der Waals surface area contributed by atoms with E-state index in [1.54, 1.807) is 0 Å². The van der Waals surface area contributed by atoms with Gasteiger partial charge in [-0.3, -0.25) is 4.99 Å². The summed E-state index contributed by atoms with van der Waals surface area (Å²) in [5.74, 6) is 0.744. The van der Waals surface area contributed by atoms with Gasteiger partial charge in [0.05, 0.1) is 17.3 Å². The summed E-state index contributed by atoms with van der Waals surface area (Å²) in [6, 6.07) is 5.84. The van der Waals surface area contributed by atoms with E-state index in [1.807, 2.05) is 30.0 Å². The van der Waals surface area contributed by atoms with Crippen LogP contribution in [0.15, 0.2) is 27.7 Å². The van der Waals surface area contributed by atoms with Crippen molar-refractivity contribution in [1.29, 1.82) is 0 Å². The lowest BCUT2D eigenvalue weighted by atomic mass is 9.99. The number of amidine groups is 1. The minimum absolute atomic E-state index is 0.603. The quantitative estimate of drug-likeness (QED) is 0.774. The first kappa shape index (κ1) is 15.2. The van der Waals surface area contributed by atoms with Gasteiger partial charge in [0.15, 0.2) is 5.17 Å². The number of benzene rings is 1. The molecule has 0 spiro atoms. The van der Waals surface area contributed by atoms with Gasteiger partial charge in [0.25, 0.3) is 0 Å². The van der Waals surface area contributed by atoms with Crippen molar-refractivity contribution >= 4 is 50.1 Å². The molecule has 0 radical (unpaired) electrons. The van der Waals surface area contributed by atoms with Gasteiger partial charge in [0.2, 0.25) is 0 Å². The molecule has 1 aliphatic heterocycles. The fourth-order valence-electron chi connectivity index (χ4n) is 2.23. The van der Waals surface area contributed by atoms with Gasteiger partial charge in [0, 0.05) is 9.72 Å². The fraction of sp³-hybridized carbons (Fsp3) is 0.500. The van der Waals surface area contributed by atoms with Crippen LogP contribution >= 0.6 is 39.3 Å². The highest BCUT2D eigenvalue weighted by Crippen LogP contribution is 2.33. The number of anilines is 1. The highest BCUT2D eigenvalue weighted by atomic mass is 79.9. The summed E-state index contributed by atoms with van der Waals surface area (Å²) in [5, 5.41) is 5.63. The molecular formula is C14H18BrClN2S. The summed E-state index contributed by atoms with van der Waals surface area (Å²) in [6.07, 6.45) is 2.44. The van der Waals surface area contributed by atoms with Crippen molar-refractivity contribution in [3.8, 4) is 0 Å². The maximum absolute atomic E-state index is 6.20. The first-order valence-electron chi connectivity index (χ1n) is 6.57. The van der Waals surface area contributed by atoms with Crippen LogP contribution in [0, 0.1) is 5.92 Å². The Morgan fingerprint density at radius 3 is 2.84 bits per heavy atom. The largest absolute Gasteiger partial charge is 0.334 e. The van der Waals surface area contributed by atoms with E-state index in [2.05, 4.69) is 40.1 Å². The summed E-state index contributed by atoms with van der Waals surface area (Å²) in [4.78, 5) is 4.59. The van der Waals surface area contributed by atoms with Gasteiger partial charge < -0.3 is 5.32 Å². The highest BCUT2D eigenvalue weighted by molar-refractivity contribution is 9.10. The van der Waals surface area contributed by atoms with Crippen molar-refractivity contribution in [3.63, 3.8) is 0 Å². The summed E-state index contributed by atoms with van der Waals surface area (Å²) < 4.78 is 0.985. The SMILES string of the molecule is CCC(CC)C1CN=C(Nc2ccc(Br)cc2Cl)S1. The lowest BCUT2D eigenvalue weighted by Gasteiger charge is -2.18. The zero-order chi connectivity index (χ0) is 13.8. The maximum Gasteiger partial charge on any atom is 0.161 e. The molecule has 1 N–H and O–H groups in total. The van der Waals surface area contributed by atoms with E-state index in [9.17, 15) is 0 Å². The molecule has 1 heterocycles. The molecule has 5 heteroatoms. The summed E-state index contributed by atoms with van der Waals surface area (Å²) in [6.45, 7) is 5.42. The molecule has 0 aliphatic carbocycles. The number of nitrogens with one attached hydrogen (secondary N) is 1. The minimum atomic E-state index is 0.603. The van der Waals surface area contributed by atoms with Crippen LogP contribution < -0.4 is 5.32 Å². The molecule has 104 valence electrons. The first-order valence-corrected chi connectivity index (χ1v) is 8.62. The lowest BCUT2D eigenvalue weighted by molar-refractivity contribution is 0.479. The van der Waals surface area contributed by atoms with E-state index in [1.165, 1.54) is 12.8 Å². The van der Waals surface area contributed by atoms with Crippen LogP contribution in [0.25, 0.3) is 0 Å². The monoisotopic (exact) mass is 360 g/mol. The second kappa shape index (κ2) is 7.00. The summed E-state index contributed by atoms with van der Waals surface area (Å²) >= 11 is 11.5. The number of hydrogen-bond acceptors (Lipinski definition) is 3. The predicted molar refractivity (Wildman–Crippen MR) is 90.5 cm³/mol. The number of aliphatic imine (C=N–C) groups is 1. The summed E-state index contributed by atoms with van der Waals surface area (Å²) in [5.41, 5.74) is 0.918. The van der Waals surface area contributed by atoms with Crippen LogP contribution in [-0.4, -0.2) is 17.0 Å². The normalized spacial score (nSPS) is 18.8. The third-order valence-corrected chi connectivity index (χ3v) is 5.52. The molecule has 1 unspecified atom stereocenters. The molecule has 0 saturated carbocycles. The van der Waals surface area contributed by atoms with Crippen molar-refractivity contribution < 1.29 is 0 Å². The van der Waals surface area contributed by atoms with Gasteiger partial charge in [-0.2, -0.15) is 0 Å². The zero-order valence-corrected chi connectivity index (χ0v) is 14.3. The number of hydrogen-bond donors (Lipinski definition) is 1. The molecule has 0 saturated heterocycles. The molecule has 1 aliphatic rings. The molecule has 2 rings (SSSR count). The van der Waals surface area contributed by atoms with E-state index in [-0.39, 0.29) is 0 Å². The van der Waals surface area contributed by atoms with E-state index in [4.69, 9.17) is 11.6 Å². The molecule has 1 aromatic carbocycles. The van der Waals surface area contributed by atoms with Crippen molar-refractivity contribution in [3.05, 3.63) is 27.7 Å². The molecule has 2 nitrogen and oxygen atoms in total. The Bertz CT molecular complexity index is 475. The Morgan fingerprint density at radius 2 is 2.21 bits per heavy atom. The maximum atomic E-state index is 6.20. The number of halogens is 2. The zero-order valence-electron chi connectivity index (χ0n) is 11.1. The second-order valence-corrected chi connectivity index (χ2v) is 7.18. The van der Waals surface area contributed by atoms with Crippen molar-refractivity contribution in [2.75, 3.05) is 11.9 Å². The summed E-state index contributed by atoms with van der Waals surface area (Å²) in [7, 11) is 0. The molecule has 1 atom stereocenters. The fourth-order valence-corrected chi connectivity index (χ4v) is 4.28. The Labute approximate surface area is 132 Å². The van der Waals surface area contributed by atoms with Gasteiger partial charge in [-0.05, 0) is 24.1 Å². The molecule has 0 amide bonds. The van der Waals surface area contributed by atoms with Crippen LogP contribution in [0.3, 0.4) is 0 Å². The van der Waals surface area contributed by atoms with Crippen LogP contribution in [0.5, 0.6) is 0 Å². The van der Waals surface area contributed by atoms with Crippen LogP contribution in [0.2, 0.25) is 5.02 Å². The van der Waals surface area contributed by atoms with Crippen LogP contribution in [0.4, 0.5) is 5.69 Å². The Hall–Kier alpha value is -0.190. The van der Waals surface area contributed by atoms with E-state index in [0.717, 1.165) is 27.8 Å². The Balaban J connectivity index is 1.98. The molecule has 0 bridgehead atoms. The van der Waals surface area contributed by atoms with Crippen LogP contribution in [-0.2, 0) is 0 Å².